The topological polar surface area (TPSA) is 82.1 Å². The van der Waals surface area contributed by atoms with Crippen LogP contribution in [0.5, 0.6) is 5.75 Å². The van der Waals surface area contributed by atoms with Gasteiger partial charge in [0, 0.05) is 31.5 Å². The van der Waals surface area contributed by atoms with Gasteiger partial charge in [0.1, 0.15) is 17.0 Å². The molecule has 2 aliphatic rings. The van der Waals surface area contributed by atoms with Crippen LogP contribution in [0, 0.1) is 5.92 Å². The highest BCUT2D eigenvalue weighted by molar-refractivity contribution is 7.87. The molecule has 3 rings (SSSR count). The van der Waals surface area contributed by atoms with Crippen LogP contribution < -0.4 is 4.74 Å². The number of hydrogen-bond acceptors (Lipinski definition) is 6. The third-order valence-electron chi connectivity index (χ3n) is 5.06. The molecule has 2 unspecified atom stereocenters. The number of carbonyl (C=O) groups is 1. The average molecular weight is 463 g/mol. The van der Waals surface area contributed by atoms with E-state index in [0.29, 0.717) is 0 Å². The standard InChI is InChI=1S/C20H24F3NO6S/c1-13-12-24(17(25)29-18(2,3)4)10-9-19(13)11-16(30-31(26,27)20(21,22)23)14-7-5-6-8-15(14)28-19/h5-8,11,13H,9-10,12H2,1-4H3. The SMILES string of the molecule is CC1CN(C(=O)OC(C)(C)C)CCC12C=C(OS(=O)(=O)C(F)(F)F)c1ccccc1O2. The number of para-hydroxylation sites is 1. The predicted molar refractivity (Wildman–Crippen MR) is 105 cm³/mol. The van der Waals surface area contributed by atoms with E-state index in [4.69, 9.17) is 9.47 Å². The lowest BCUT2D eigenvalue weighted by Crippen LogP contribution is -2.56. The number of carbonyl (C=O) groups excluding carboxylic acids is 1. The van der Waals surface area contributed by atoms with Gasteiger partial charge in [0.05, 0.1) is 5.56 Å². The molecule has 11 heteroatoms. The smallest absolute Gasteiger partial charge is 0.482 e. The normalized spacial score (nSPS) is 24.2. The molecular weight excluding hydrogens is 439 g/mol. The molecule has 0 bridgehead atoms. The van der Waals surface area contributed by atoms with Crippen LogP contribution in [0.1, 0.15) is 39.7 Å². The lowest BCUT2D eigenvalue weighted by atomic mass is 9.79. The molecule has 2 aliphatic heterocycles. The van der Waals surface area contributed by atoms with Gasteiger partial charge in [0.2, 0.25) is 0 Å². The summed E-state index contributed by atoms with van der Waals surface area (Å²) in [7, 11) is -5.87. The Bertz CT molecular complexity index is 999. The molecule has 31 heavy (non-hydrogen) atoms. The summed E-state index contributed by atoms with van der Waals surface area (Å²) in [5, 5.41) is 0. The van der Waals surface area contributed by atoms with Crippen molar-refractivity contribution in [2.75, 3.05) is 13.1 Å². The Balaban J connectivity index is 1.92. The Hall–Kier alpha value is -2.43. The molecule has 0 aliphatic carbocycles. The number of rotatable bonds is 2. The monoisotopic (exact) mass is 463 g/mol. The number of nitrogens with zero attached hydrogens (tertiary/aromatic N) is 1. The van der Waals surface area contributed by atoms with Gasteiger partial charge in [-0.05, 0) is 32.9 Å². The molecule has 2 atom stereocenters. The average Bonchev–Trinajstić information content (AvgIpc) is 2.61. The van der Waals surface area contributed by atoms with Gasteiger partial charge in [-0.3, -0.25) is 0 Å². The van der Waals surface area contributed by atoms with E-state index in [2.05, 4.69) is 4.18 Å². The van der Waals surface area contributed by atoms with Crippen LogP contribution >= 0.6 is 0 Å². The highest BCUT2D eigenvalue weighted by Crippen LogP contribution is 2.45. The van der Waals surface area contributed by atoms with Crippen molar-refractivity contribution in [3.05, 3.63) is 35.9 Å². The number of ether oxygens (including phenoxy) is 2. The molecule has 172 valence electrons. The summed E-state index contributed by atoms with van der Waals surface area (Å²) in [4.78, 5) is 13.9. The molecule has 1 spiro atoms. The zero-order valence-electron chi connectivity index (χ0n) is 17.5. The first kappa shape index (κ1) is 23.2. The van der Waals surface area contributed by atoms with Crippen molar-refractivity contribution in [1.29, 1.82) is 0 Å². The summed E-state index contributed by atoms with van der Waals surface area (Å²) in [6.07, 6.45) is 0.974. The van der Waals surface area contributed by atoms with E-state index in [1.165, 1.54) is 29.2 Å². The van der Waals surface area contributed by atoms with Crippen LogP contribution in [0.3, 0.4) is 0 Å². The van der Waals surface area contributed by atoms with Crippen molar-refractivity contribution >= 4 is 22.0 Å². The van der Waals surface area contributed by atoms with Crippen LogP contribution in [0.4, 0.5) is 18.0 Å². The maximum absolute atomic E-state index is 12.9. The van der Waals surface area contributed by atoms with Gasteiger partial charge in [-0.2, -0.15) is 21.6 Å². The zero-order valence-corrected chi connectivity index (χ0v) is 18.3. The highest BCUT2D eigenvalue weighted by atomic mass is 32.2. The van der Waals surface area contributed by atoms with E-state index in [1.54, 1.807) is 33.8 Å². The Kier molecular flexibility index (Phi) is 5.71. The second kappa shape index (κ2) is 7.61. The van der Waals surface area contributed by atoms with Crippen LogP contribution in [0.2, 0.25) is 0 Å². The van der Waals surface area contributed by atoms with Gasteiger partial charge in [-0.15, -0.1) is 0 Å². The summed E-state index contributed by atoms with van der Waals surface area (Å²) < 4.78 is 78.1. The minimum Gasteiger partial charge on any atom is -0.482 e. The van der Waals surface area contributed by atoms with Crippen LogP contribution in [0.15, 0.2) is 30.3 Å². The summed E-state index contributed by atoms with van der Waals surface area (Å²) in [5.41, 5.74) is -7.30. The first-order valence-corrected chi connectivity index (χ1v) is 11.0. The second-order valence-corrected chi connectivity index (χ2v) is 10.2. The molecule has 1 fully saturated rings. The van der Waals surface area contributed by atoms with Gasteiger partial charge >= 0.3 is 21.7 Å². The number of alkyl halides is 3. The molecule has 1 aromatic carbocycles. The van der Waals surface area contributed by atoms with E-state index in [-0.39, 0.29) is 30.8 Å². The molecule has 0 saturated carbocycles. The molecule has 1 saturated heterocycles. The fraction of sp³-hybridized carbons (Fsp3) is 0.550. The molecule has 0 radical (unpaired) electrons. The second-order valence-electron chi connectivity index (χ2n) is 8.62. The third kappa shape index (κ3) is 4.76. The summed E-state index contributed by atoms with van der Waals surface area (Å²) >= 11 is 0. The first-order chi connectivity index (χ1) is 14.1. The number of fused-ring (bicyclic) bond motifs is 1. The summed E-state index contributed by atoms with van der Waals surface area (Å²) in [6.45, 7) is 7.40. The number of benzene rings is 1. The van der Waals surface area contributed by atoms with Crippen molar-refractivity contribution in [3.63, 3.8) is 0 Å². The predicted octanol–water partition coefficient (Wildman–Crippen LogP) is 4.30. The molecule has 7 nitrogen and oxygen atoms in total. The van der Waals surface area contributed by atoms with E-state index in [1.807, 2.05) is 0 Å². The van der Waals surface area contributed by atoms with Crippen molar-refractivity contribution in [2.45, 2.75) is 50.8 Å². The van der Waals surface area contributed by atoms with E-state index in [0.717, 1.165) is 0 Å². The number of halogens is 3. The molecule has 0 aromatic heterocycles. The Morgan fingerprint density at radius 2 is 1.87 bits per heavy atom. The number of hydrogen-bond donors (Lipinski definition) is 0. The van der Waals surface area contributed by atoms with Gasteiger partial charge in [0.25, 0.3) is 0 Å². The molecular formula is C20H24F3NO6S. The molecule has 1 amide bonds. The fourth-order valence-electron chi connectivity index (χ4n) is 3.52. The van der Waals surface area contributed by atoms with Crippen molar-refractivity contribution in [1.82, 2.24) is 4.90 Å². The summed E-state index contributed by atoms with van der Waals surface area (Å²) in [5.74, 6) is -0.638. The third-order valence-corrected chi connectivity index (χ3v) is 6.03. The van der Waals surface area contributed by atoms with Gasteiger partial charge < -0.3 is 18.6 Å². The van der Waals surface area contributed by atoms with Crippen molar-refractivity contribution in [2.24, 2.45) is 5.92 Å². The Labute approximate surface area is 178 Å². The number of piperidine rings is 1. The molecule has 0 N–H and O–H groups in total. The highest BCUT2D eigenvalue weighted by Gasteiger charge is 2.51. The largest absolute Gasteiger partial charge is 0.534 e. The van der Waals surface area contributed by atoms with E-state index in [9.17, 15) is 26.4 Å². The summed E-state index contributed by atoms with van der Waals surface area (Å²) in [6, 6.07) is 6.10. The van der Waals surface area contributed by atoms with Gasteiger partial charge in [0.15, 0.2) is 5.76 Å². The van der Waals surface area contributed by atoms with Gasteiger partial charge in [-0.25, -0.2) is 4.79 Å². The fourth-order valence-corrected chi connectivity index (χ4v) is 3.99. The van der Waals surface area contributed by atoms with Crippen LogP contribution in [0.25, 0.3) is 5.76 Å². The molecule has 2 heterocycles. The zero-order chi connectivity index (χ0) is 23.2. The first-order valence-electron chi connectivity index (χ1n) is 9.63. The van der Waals surface area contributed by atoms with Crippen LogP contribution in [-0.4, -0.2) is 49.2 Å². The van der Waals surface area contributed by atoms with E-state index >= 15 is 0 Å². The lowest BCUT2D eigenvalue weighted by molar-refractivity contribution is -0.0515. The minimum absolute atomic E-state index is 0.0997. The maximum Gasteiger partial charge on any atom is 0.534 e. The van der Waals surface area contributed by atoms with Crippen LogP contribution in [-0.2, 0) is 19.0 Å². The lowest BCUT2D eigenvalue weighted by Gasteiger charge is -2.46. The van der Waals surface area contributed by atoms with Crippen molar-refractivity contribution in [3.8, 4) is 5.75 Å². The van der Waals surface area contributed by atoms with E-state index < -0.39 is 44.6 Å². The maximum atomic E-state index is 12.9. The van der Waals surface area contributed by atoms with Crippen molar-refractivity contribution < 1.29 is 40.0 Å². The number of amides is 1. The van der Waals surface area contributed by atoms with Gasteiger partial charge in [-0.1, -0.05) is 19.1 Å². The Morgan fingerprint density at radius 1 is 1.23 bits per heavy atom. The minimum atomic E-state index is -5.87. The quantitative estimate of drug-likeness (QED) is 0.481. The number of likely N-dealkylation sites (tertiary alicyclic amines) is 1. The Morgan fingerprint density at radius 3 is 2.45 bits per heavy atom. The molecule has 1 aromatic rings.